The van der Waals surface area contributed by atoms with Crippen molar-refractivity contribution in [2.45, 2.75) is 46.5 Å². The molecule has 0 aliphatic rings. The van der Waals surface area contributed by atoms with Gasteiger partial charge in [-0.05, 0) is 25.3 Å². The van der Waals surface area contributed by atoms with E-state index in [0.717, 1.165) is 30.3 Å². The van der Waals surface area contributed by atoms with Gasteiger partial charge >= 0.3 is 0 Å². The summed E-state index contributed by atoms with van der Waals surface area (Å²) < 4.78 is 0. The van der Waals surface area contributed by atoms with Gasteiger partial charge in [-0.1, -0.05) is 27.2 Å². The van der Waals surface area contributed by atoms with Crippen molar-refractivity contribution in [1.82, 2.24) is 9.97 Å². The van der Waals surface area contributed by atoms with Crippen molar-refractivity contribution >= 4 is 5.95 Å². The molecule has 0 atom stereocenters. The first-order valence-corrected chi connectivity index (χ1v) is 5.73. The van der Waals surface area contributed by atoms with Crippen molar-refractivity contribution in [2.75, 3.05) is 11.9 Å². The summed E-state index contributed by atoms with van der Waals surface area (Å²) in [6.45, 7) is 9.45. The van der Waals surface area contributed by atoms with Gasteiger partial charge in [0.1, 0.15) is 0 Å². The zero-order valence-electron chi connectivity index (χ0n) is 10.2. The van der Waals surface area contributed by atoms with E-state index in [-0.39, 0.29) is 0 Å². The molecule has 0 unspecified atom stereocenters. The fourth-order valence-corrected chi connectivity index (χ4v) is 1.34. The predicted molar refractivity (Wildman–Crippen MR) is 64.3 cm³/mol. The fourth-order valence-electron chi connectivity index (χ4n) is 1.34. The third-order valence-electron chi connectivity index (χ3n) is 2.28. The average Bonchev–Trinajstić information content (AvgIpc) is 2.17. The van der Waals surface area contributed by atoms with E-state index in [0.29, 0.717) is 5.92 Å². The molecule has 3 heteroatoms. The maximum absolute atomic E-state index is 4.48. The molecule has 1 rings (SSSR count). The number of aryl methyl sites for hydroxylation is 1. The number of nitrogens with zero attached hydrogens (tertiary/aromatic N) is 2. The van der Waals surface area contributed by atoms with Crippen LogP contribution >= 0.6 is 0 Å². The number of nitrogens with one attached hydrogen (secondary N) is 1. The van der Waals surface area contributed by atoms with Crippen molar-refractivity contribution < 1.29 is 0 Å². The zero-order chi connectivity index (χ0) is 11.3. The van der Waals surface area contributed by atoms with Crippen LogP contribution in [0.3, 0.4) is 0 Å². The lowest BCUT2D eigenvalue weighted by Crippen LogP contribution is -2.08. The molecule has 0 aromatic carbocycles. The summed E-state index contributed by atoms with van der Waals surface area (Å²) in [5.41, 5.74) is 2.15. The Morgan fingerprint density at radius 1 is 1.33 bits per heavy atom. The molecule has 0 saturated heterocycles. The van der Waals surface area contributed by atoms with E-state index in [9.17, 15) is 0 Å². The van der Waals surface area contributed by atoms with Crippen molar-refractivity contribution in [1.29, 1.82) is 0 Å². The second-order valence-corrected chi connectivity index (χ2v) is 4.19. The van der Waals surface area contributed by atoms with E-state index in [2.05, 4.69) is 42.1 Å². The molecule has 0 radical (unpaired) electrons. The Morgan fingerprint density at radius 2 is 2.07 bits per heavy atom. The highest BCUT2D eigenvalue weighted by Gasteiger charge is 2.04. The minimum Gasteiger partial charge on any atom is -0.354 e. The minimum absolute atomic E-state index is 0.457. The van der Waals surface area contributed by atoms with Gasteiger partial charge in [-0.3, -0.25) is 0 Å². The van der Waals surface area contributed by atoms with E-state index < -0.39 is 0 Å². The van der Waals surface area contributed by atoms with Gasteiger partial charge in [0.15, 0.2) is 0 Å². The molecule has 0 bridgehead atoms. The molecule has 1 heterocycles. The maximum Gasteiger partial charge on any atom is 0.223 e. The van der Waals surface area contributed by atoms with E-state index >= 15 is 0 Å². The molecule has 0 spiro atoms. The molecule has 1 N–H and O–H groups in total. The van der Waals surface area contributed by atoms with Gasteiger partial charge in [0, 0.05) is 17.9 Å². The SMILES string of the molecule is CCCCNc1nc(C)cc(C(C)C)n1. The molecule has 0 amide bonds. The summed E-state index contributed by atoms with van der Waals surface area (Å²) in [5, 5.41) is 3.26. The van der Waals surface area contributed by atoms with Gasteiger partial charge in [0.2, 0.25) is 5.95 Å². The monoisotopic (exact) mass is 207 g/mol. The quantitative estimate of drug-likeness (QED) is 0.754. The Kier molecular flexibility index (Phi) is 4.53. The standard InChI is InChI=1S/C12H21N3/c1-5-6-7-13-12-14-10(4)8-11(15-12)9(2)3/h8-9H,5-7H2,1-4H3,(H,13,14,15). The molecular formula is C12H21N3. The van der Waals surface area contributed by atoms with Crippen LogP contribution in [0.1, 0.15) is 50.9 Å². The van der Waals surface area contributed by atoms with Gasteiger partial charge in [-0.15, -0.1) is 0 Å². The summed E-state index contributed by atoms with van der Waals surface area (Å²) in [6, 6.07) is 2.05. The van der Waals surface area contributed by atoms with Crippen LogP contribution in [0, 0.1) is 6.92 Å². The molecule has 15 heavy (non-hydrogen) atoms. The molecule has 0 aliphatic heterocycles. The number of hydrogen-bond acceptors (Lipinski definition) is 3. The number of hydrogen-bond donors (Lipinski definition) is 1. The molecule has 1 aromatic rings. The van der Waals surface area contributed by atoms with Crippen LogP contribution in [0.5, 0.6) is 0 Å². The summed E-state index contributed by atoms with van der Waals surface area (Å²) in [6.07, 6.45) is 2.35. The predicted octanol–water partition coefficient (Wildman–Crippen LogP) is 3.12. The van der Waals surface area contributed by atoms with E-state index in [1.54, 1.807) is 0 Å². The Morgan fingerprint density at radius 3 is 2.67 bits per heavy atom. The lowest BCUT2D eigenvalue weighted by molar-refractivity contribution is 0.794. The second kappa shape index (κ2) is 5.69. The smallest absolute Gasteiger partial charge is 0.223 e. The Labute approximate surface area is 92.3 Å². The van der Waals surface area contributed by atoms with E-state index in [1.807, 2.05) is 6.92 Å². The lowest BCUT2D eigenvalue weighted by atomic mass is 10.1. The highest BCUT2D eigenvalue weighted by molar-refractivity contribution is 5.28. The van der Waals surface area contributed by atoms with Crippen LogP contribution < -0.4 is 5.32 Å². The zero-order valence-corrected chi connectivity index (χ0v) is 10.2. The van der Waals surface area contributed by atoms with Gasteiger partial charge in [0.25, 0.3) is 0 Å². The molecular weight excluding hydrogens is 186 g/mol. The van der Waals surface area contributed by atoms with E-state index in [1.165, 1.54) is 6.42 Å². The molecule has 1 aromatic heterocycles. The van der Waals surface area contributed by atoms with Crippen LogP contribution in [0.15, 0.2) is 6.07 Å². The first kappa shape index (κ1) is 12.0. The highest BCUT2D eigenvalue weighted by atomic mass is 15.1. The molecule has 0 saturated carbocycles. The topological polar surface area (TPSA) is 37.8 Å². The fraction of sp³-hybridized carbons (Fsp3) is 0.667. The van der Waals surface area contributed by atoms with Crippen molar-refractivity contribution in [3.63, 3.8) is 0 Å². The maximum atomic E-state index is 4.48. The normalized spacial score (nSPS) is 10.7. The Hall–Kier alpha value is -1.12. The van der Waals surface area contributed by atoms with Gasteiger partial charge in [-0.25, -0.2) is 9.97 Å². The van der Waals surface area contributed by atoms with Crippen LogP contribution in [0.25, 0.3) is 0 Å². The summed E-state index contributed by atoms with van der Waals surface area (Å²) >= 11 is 0. The first-order chi connectivity index (χ1) is 7.13. The van der Waals surface area contributed by atoms with Gasteiger partial charge in [0.05, 0.1) is 0 Å². The van der Waals surface area contributed by atoms with Crippen molar-refractivity contribution in [3.8, 4) is 0 Å². The largest absolute Gasteiger partial charge is 0.354 e. The van der Waals surface area contributed by atoms with Crippen LogP contribution in [-0.2, 0) is 0 Å². The third-order valence-corrected chi connectivity index (χ3v) is 2.28. The summed E-state index contributed by atoms with van der Waals surface area (Å²) in [5.74, 6) is 1.23. The van der Waals surface area contributed by atoms with Crippen LogP contribution in [-0.4, -0.2) is 16.5 Å². The third kappa shape index (κ3) is 3.86. The Bertz CT molecular complexity index is 308. The van der Waals surface area contributed by atoms with Crippen molar-refractivity contribution in [2.24, 2.45) is 0 Å². The van der Waals surface area contributed by atoms with E-state index in [4.69, 9.17) is 0 Å². The number of anilines is 1. The molecule has 3 nitrogen and oxygen atoms in total. The second-order valence-electron chi connectivity index (χ2n) is 4.19. The van der Waals surface area contributed by atoms with Gasteiger partial charge < -0.3 is 5.32 Å². The van der Waals surface area contributed by atoms with Crippen LogP contribution in [0.2, 0.25) is 0 Å². The number of unbranched alkanes of at least 4 members (excludes halogenated alkanes) is 1. The summed E-state index contributed by atoms with van der Waals surface area (Å²) in [7, 11) is 0. The first-order valence-electron chi connectivity index (χ1n) is 5.73. The minimum atomic E-state index is 0.457. The van der Waals surface area contributed by atoms with Crippen LogP contribution in [0.4, 0.5) is 5.95 Å². The Balaban J connectivity index is 2.71. The lowest BCUT2D eigenvalue weighted by Gasteiger charge is -2.09. The highest BCUT2D eigenvalue weighted by Crippen LogP contribution is 2.14. The molecule has 84 valence electrons. The van der Waals surface area contributed by atoms with Gasteiger partial charge in [-0.2, -0.15) is 0 Å². The van der Waals surface area contributed by atoms with Crippen molar-refractivity contribution in [3.05, 3.63) is 17.5 Å². The number of aromatic nitrogens is 2. The number of rotatable bonds is 5. The summed E-state index contributed by atoms with van der Waals surface area (Å²) in [4.78, 5) is 8.85. The molecule has 0 fully saturated rings. The molecule has 0 aliphatic carbocycles. The average molecular weight is 207 g/mol.